The van der Waals surface area contributed by atoms with Gasteiger partial charge in [0.1, 0.15) is 0 Å². The van der Waals surface area contributed by atoms with E-state index in [2.05, 4.69) is 5.32 Å². The van der Waals surface area contributed by atoms with Gasteiger partial charge in [-0.15, -0.1) is 3.89 Å². The van der Waals surface area contributed by atoms with Crippen LogP contribution in [0.3, 0.4) is 0 Å². The fraction of sp³-hybridized carbons (Fsp3) is 1.00. The predicted octanol–water partition coefficient (Wildman–Crippen LogP) is 0.285. The molecule has 5 heteroatoms. The number of halogens is 1. The molecule has 0 spiro atoms. The van der Waals surface area contributed by atoms with Crippen LogP contribution < -0.4 is 5.32 Å². The van der Waals surface area contributed by atoms with Crippen LogP contribution in [0.25, 0.3) is 0 Å². The van der Waals surface area contributed by atoms with Gasteiger partial charge in [0, 0.05) is 0 Å². The van der Waals surface area contributed by atoms with Crippen molar-refractivity contribution in [3.8, 4) is 0 Å². The van der Waals surface area contributed by atoms with Gasteiger partial charge in [0.25, 0.3) is 0 Å². The van der Waals surface area contributed by atoms with Crippen molar-refractivity contribution in [1.29, 1.82) is 0 Å². The Bertz CT molecular complexity index is 166. The topological polar surface area (TPSA) is 46.2 Å². The summed E-state index contributed by atoms with van der Waals surface area (Å²) in [5.41, 5.74) is 0. The molecule has 0 fully saturated rings. The summed E-state index contributed by atoms with van der Waals surface area (Å²) >= 11 is 0. The lowest BCUT2D eigenvalue weighted by Gasteiger charge is -1.95. The molecule has 1 N–H and O–H groups in total. The Morgan fingerprint density at radius 2 is 2.00 bits per heavy atom. The molecule has 0 aliphatic carbocycles. The average Bonchev–Trinajstić information content (AvgIpc) is 1.78. The molecular formula is C5H12FNO2S. The first kappa shape index (κ1) is 9.84. The highest BCUT2D eigenvalue weighted by Crippen LogP contribution is 1.96. The van der Waals surface area contributed by atoms with Gasteiger partial charge in [-0.25, -0.2) is 0 Å². The van der Waals surface area contributed by atoms with Crippen LogP contribution in [0.4, 0.5) is 3.89 Å². The van der Waals surface area contributed by atoms with E-state index in [1.54, 1.807) is 7.05 Å². The smallest absolute Gasteiger partial charge is 0.302 e. The van der Waals surface area contributed by atoms with Crippen LogP contribution in [0.15, 0.2) is 0 Å². The lowest BCUT2D eigenvalue weighted by Crippen LogP contribution is -2.09. The molecule has 0 aromatic heterocycles. The van der Waals surface area contributed by atoms with Gasteiger partial charge < -0.3 is 5.32 Å². The van der Waals surface area contributed by atoms with E-state index in [-0.39, 0.29) is 5.75 Å². The molecule has 0 radical (unpaired) electrons. The van der Waals surface area contributed by atoms with Crippen molar-refractivity contribution in [3.05, 3.63) is 0 Å². The molecule has 0 aromatic rings. The zero-order chi connectivity index (χ0) is 8.04. The van der Waals surface area contributed by atoms with E-state index in [0.29, 0.717) is 12.8 Å². The Kier molecular flexibility index (Phi) is 4.55. The monoisotopic (exact) mass is 169 g/mol. The first-order chi connectivity index (χ1) is 4.56. The van der Waals surface area contributed by atoms with Crippen LogP contribution in [0.2, 0.25) is 0 Å². The summed E-state index contributed by atoms with van der Waals surface area (Å²) in [7, 11) is -2.46. The molecule has 0 rings (SSSR count). The second-order valence-electron chi connectivity index (χ2n) is 2.05. The third-order valence-corrected chi connectivity index (χ3v) is 1.84. The van der Waals surface area contributed by atoms with Gasteiger partial charge in [0.2, 0.25) is 0 Å². The van der Waals surface area contributed by atoms with E-state index >= 15 is 0 Å². The number of hydrogen-bond donors (Lipinski definition) is 1. The molecule has 0 heterocycles. The van der Waals surface area contributed by atoms with Crippen LogP contribution in [0.1, 0.15) is 12.8 Å². The summed E-state index contributed by atoms with van der Waals surface area (Å²) in [5.74, 6) is -0.353. The largest absolute Gasteiger partial charge is 0.320 e. The zero-order valence-electron chi connectivity index (χ0n) is 5.93. The number of nitrogens with one attached hydrogen (secondary N) is 1. The van der Waals surface area contributed by atoms with Gasteiger partial charge in [0.05, 0.1) is 5.75 Å². The van der Waals surface area contributed by atoms with Gasteiger partial charge in [-0.1, -0.05) is 0 Å². The first-order valence-electron chi connectivity index (χ1n) is 3.13. The number of rotatable bonds is 5. The molecule has 3 nitrogen and oxygen atoms in total. The van der Waals surface area contributed by atoms with Crippen LogP contribution >= 0.6 is 0 Å². The molecule has 0 aliphatic rings. The first-order valence-corrected chi connectivity index (χ1v) is 4.68. The summed E-state index contributed by atoms with van der Waals surface area (Å²) in [6.45, 7) is 0.732. The normalized spacial score (nSPS) is 11.8. The van der Waals surface area contributed by atoms with Crippen LogP contribution in [0.5, 0.6) is 0 Å². The van der Waals surface area contributed by atoms with E-state index < -0.39 is 10.2 Å². The minimum Gasteiger partial charge on any atom is -0.320 e. The van der Waals surface area contributed by atoms with Gasteiger partial charge in [-0.2, -0.15) is 8.42 Å². The Morgan fingerprint density at radius 3 is 2.40 bits per heavy atom. The van der Waals surface area contributed by atoms with Crippen molar-refractivity contribution < 1.29 is 12.3 Å². The maximum Gasteiger partial charge on any atom is 0.302 e. The van der Waals surface area contributed by atoms with Crippen LogP contribution in [0, 0.1) is 0 Å². The van der Waals surface area contributed by atoms with E-state index in [0.717, 1.165) is 6.54 Å². The summed E-state index contributed by atoms with van der Waals surface area (Å²) < 4.78 is 31.6. The summed E-state index contributed by atoms with van der Waals surface area (Å²) in [4.78, 5) is 0. The van der Waals surface area contributed by atoms with Crippen molar-refractivity contribution >= 4 is 10.2 Å². The molecule has 0 saturated carbocycles. The van der Waals surface area contributed by atoms with E-state index in [1.807, 2.05) is 0 Å². The highest BCUT2D eigenvalue weighted by Gasteiger charge is 2.04. The molecule has 0 unspecified atom stereocenters. The van der Waals surface area contributed by atoms with Gasteiger partial charge in [-0.05, 0) is 26.4 Å². The maximum atomic E-state index is 11.8. The summed E-state index contributed by atoms with van der Waals surface area (Å²) in [6, 6.07) is 0. The third-order valence-electron chi connectivity index (χ3n) is 1.06. The van der Waals surface area contributed by atoms with Crippen molar-refractivity contribution in [2.24, 2.45) is 0 Å². The maximum absolute atomic E-state index is 11.8. The van der Waals surface area contributed by atoms with E-state index in [9.17, 15) is 12.3 Å². The van der Waals surface area contributed by atoms with Gasteiger partial charge in [-0.3, -0.25) is 0 Å². The molecule has 10 heavy (non-hydrogen) atoms. The summed E-state index contributed by atoms with van der Waals surface area (Å²) in [6.07, 6.45) is 1.08. The second-order valence-corrected chi connectivity index (χ2v) is 3.54. The Hall–Kier alpha value is -0.160. The summed E-state index contributed by atoms with van der Waals surface area (Å²) in [5, 5.41) is 2.84. The molecule has 0 amide bonds. The minimum atomic E-state index is -4.23. The minimum absolute atomic E-state index is 0.353. The molecule has 0 aliphatic heterocycles. The quantitative estimate of drug-likeness (QED) is 0.475. The molecule has 0 saturated heterocycles. The fourth-order valence-electron chi connectivity index (χ4n) is 0.576. The zero-order valence-corrected chi connectivity index (χ0v) is 6.75. The second kappa shape index (κ2) is 4.62. The highest BCUT2D eigenvalue weighted by atomic mass is 32.3. The lowest BCUT2D eigenvalue weighted by molar-refractivity contribution is 0.547. The van der Waals surface area contributed by atoms with Crippen molar-refractivity contribution in [3.63, 3.8) is 0 Å². The molecule has 0 aromatic carbocycles. The Labute approximate surface area is 60.8 Å². The molecular weight excluding hydrogens is 157 g/mol. The number of hydrogen-bond acceptors (Lipinski definition) is 3. The van der Waals surface area contributed by atoms with Crippen molar-refractivity contribution in [2.45, 2.75) is 12.8 Å². The van der Waals surface area contributed by atoms with Gasteiger partial charge >= 0.3 is 10.2 Å². The Balaban J connectivity index is 3.21. The molecule has 0 bridgehead atoms. The van der Waals surface area contributed by atoms with Crippen molar-refractivity contribution in [1.82, 2.24) is 5.32 Å². The predicted molar refractivity (Wildman–Crippen MR) is 38.1 cm³/mol. The van der Waals surface area contributed by atoms with E-state index in [4.69, 9.17) is 0 Å². The Morgan fingerprint density at radius 1 is 1.40 bits per heavy atom. The SMILES string of the molecule is CNCCCCS(=O)(=O)F. The van der Waals surface area contributed by atoms with Crippen LogP contribution in [-0.2, 0) is 10.2 Å². The van der Waals surface area contributed by atoms with E-state index in [1.165, 1.54) is 0 Å². The average molecular weight is 169 g/mol. The standard InChI is InChI=1S/C5H12FNO2S/c1-7-4-2-3-5-10(6,8)9/h7H,2-5H2,1H3. The lowest BCUT2D eigenvalue weighted by atomic mass is 10.3. The third kappa shape index (κ3) is 7.84. The molecule has 0 atom stereocenters. The van der Waals surface area contributed by atoms with Gasteiger partial charge in [0.15, 0.2) is 0 Å². The van der Waals surface area contributed by atoms with Crippen LogP contribution in [-0.4, -0.2) is 27.8 Å². The highest BCUT2D eigenvalue weighted by molar-refractivity contribution is 7.86. The fourth-order valence-corrected chi connectivity index (χ4v) is 1.13. The molecule has 62 valence electrons. The number of unbranched alkanes of at least 4 members (excludes halogenated alkanes) is 1. The van der Waals surface area contributed by atoms with Crippen molar-refractivity contribution in [2.75, 3.05) is 19.3 Å².